The molecule has 0 aliphatic heterocycles. The van der Waals surface area contributed by atoms with Crippen molar-refractivity contribution in [3.8, 4) is 0 Å². The van der Waals surface area contributed by atoms with E-state index in [0.29, 0.717) is 19.3 Å². The zero-order chi connectivity index (χ0) is 15.1. The van der Waals surface area contributed by atoms with Gasteiger partial charge in [0.25, 0.3) is 0 Å². The molecule has 3 unspecified atom stereocenters. The zero-order valence-electron chi connectivity index (χ0n) is 13.3. The lowest BCUT2D eigenvalue weighted by atomic mass is 9.89. The third-order valence-electron chi connectivity index (χ3n) is 4.24. The SMILES string of the molecule is Cc1ccc(CNCC(O)COC2CCCC(C)C2)cc1. The van der Waals surface area contributed by atoms with Crippen molar-refractivity contribution >= 4 is 0 Å². The van der Waals surface area contributed by atoms with Gasteiger partial charge < -0.3 is 15.2 Å². The Morgan fingerprint density at radius 2 is 2.05 bits per heavy atom. The predicted octanol–water partition coefficient (Wildman–Crippen LogP) is 3.04. The van der Waals surface area contributed by atoms with E-state index in [-0.39, 0.29) is 0 Å². The molecule has 0 spiro atoms. The lowest BCUT2D eigenvalue weighted by Gasteiger charge is -2.27. The monoisotopic (exact) mass is 291 g/mol. The first kappa shape index (κ1) is 16.5. The fourth-order valence-corrected chi connectivity index (χ4v) is 2.92. The summed E-state index contributed by atoms with van der Waals surface area (Å²) in [6, 6.07) is 8.46. The van der Waals surface area contributed by atoms with Crippen LogP contribution in [0.2, 0.25) is 0 Å². The van der Waals surface area contributed by atoms with Gasteiger partial charge in [0.1, 0.15) is 0 Å². The van der Waals surface area contributed by atoms with Crippen molar-refractivity contribution in [3.05, 3.63) is 35.4 Å². The summed E-state index contributed by atoms with van der Waals surface area (Å²) in [4.78, 5) is 0. The highest BCUT2D eigenvalue weighted by atomic mass is 16.5. The normalized spacial score (nSPS) is 24.0. The Labute approximate surface area is 128 Å². The molecule has 2 N–H and O–H groups in total. The van der Waals surface area contributed by atoms with Gasteiger partial charge in [-0.3, -0.25) is 0 Å². The number of nitrogens with one attached hydrogen (secondary N) is 1. The summed E-state index contributed by atoms with van der Waals surface area (Å²) in [7, 11) is 0. The molecule has 0 saturated heterocycles. The number of ether oxygens (including phenoxy) is 1. The number of hydrogen-bond acceptors (Lipinski definition) is 3. The molecule has 3 nitrogen and oxygen atoms in total. The van der Waals surface area contributed by atoms with E-state index in [1.165, 1.54) is 24.0 Å². The summed E-state index contributed by atoms with van der Waals surface area (Å²) in [5.41, 5.74) is 2.52. The average molecular weight is 291 g/mol. The van der Waals surface area contributed by atoms with Crippen LogP contribution in [0.4, 0.5) is 0 Å². The van der Waals surface area contributed by atoms with Gasteiger partial charge in [0.2, 0.25) is 0 Å². The summed E-state index contributed by atoms with van der Waals surface area (Å²) in [5, 5.41) is 13.3. The number of hydrogen-bond donors (Lipinski definition) is 2. The molecule has 0 radical (unpaired) electrons. The molecule has 1 aliphatic carbocycles. The molecule has 3 atom stereocenters. The maximum atomic E-state index is 9.98. The van der Waals surface area contributed by atoms with Gasteiger partial charge in [0.15, 0.2) is 0 Å². The van der Waals surface area contributed by atoms with Crippen molar-refractivity contribution in [1.29, 1.82) is 0 Å². The molecule has 0 aromatic heterocycles. The minimum atomic E-state index is -0.423. The summed E-state index contributed by atoms with van der Waals surface area (Å²) in [6.45, 7) is 6.19. The van der Waals surface area contributed by atoms with E-state index in [1.54, 1.807) is 0 Å². The lowest BCUT2D eigenvalue weighted by Crippen LogP contribution is -2.33. The van der Waals surface area contributed by atoms with Crippen LogP contribution in [-0.2, 0) is 11.3 Å². The Hall–Kier alpha value is -0.900. The lowest BCUT2D eigenvalue weighted by molar-refractivity contribution is -0.0306. The summed E-state index contributed by atoms with van der Waals surface area (Å²) < 4.78 is 5.84. The largest absolute Gasteiger partial charge is 0.389 e. The van der Waals surface area contributed by atoms with Gasteiger partial charge in [0, 0.05) is 13.1 Å². The molecule has 0 amide bonds. The van der Waals surface area contributed by atoms with Crippen LogP contribution in [-0.4, -0.2) is 30.5 Å². The highest BCUT2D eigenvalue weighted by Gasteiger charge is 2.20. The average Bonchev–Trinajstić information content (AvgIpc) is 2.47. The van der Waals surface area contributed by atoms with Crippen LogP contribution in [0.25, 0.3) is 0 Å². The van der Waals surface area contributed by atoms with E-state index in [0.717, 1.165) is 25.3 Å². The van der Waals surface area contributed by atoms with E-state index in [1.807, 2.05) is 0 Å². The number of benzene rings is 1. The van der Waals surface area contributed by atoms with Gasteiger partial charge in [-0.05, 0) is 31.2 Å². The molecule has 0 heterocycles. The number of aliphatic hydroxyl groups excluding tert-OH is 1. The predicted molar refractivity (Wildman–Crippen MR) is 86.3 cm³/mol. The van der Waals surface area contributed by atoms with E-state index in [2.05, 4.69) is 43.4 Å². The van der Waals surface area contributed by atoms with Crippen molar-refractivity contribution in [2.45, 2.75) is 58.3 Å². The van der Waals surface area contributed by atoms with Crippen molar-refractivity contribution in [2.75, 3.05) is 13.2 Å². The third kappa shape index (κ3) is 6.16. The second-order valence-corrected chi connectivity index (χ2v) is 6.50. The van der Waals surface area contributed by atoms with Crippen LogP contribution in [0, 0.1) is 12.8 Å². The van der Waals surface area contributed by atoms with Crippen LogP contribution < -0.4 is 5.32 Å². The summed E-state index contributed by atoms with van der Waals surface area (Å²) >= 11 is 0. The van der Waals surface area contributed by atoms with E-state index in [4.69, 9.17) is 4.74 Å². The minimum Gasteiger partial charge on any atom is -0.389 e. The van der Waals surface area contributed by atoms with E-state index < -0.39 is 6.10 Å². The standard InChI is InChI=1S/C18H29NO2/c1-14-6-8-16(9-7-14)11-19-12-17(20)13-21-18-5-3-4-15(2)10-18/h6-9,15,17-20H,3-5,10-13H2,1-2H3. The van der Waals surface area contributed by atoms with Crippen molar-refractivity contribution in [2.24, 2.45) is 5.92 Å². The fourth-order valence-electron chi connectivity index (χ4n) is 2.92. The maximum absolute atomic E-state index is 9.98. The Kier molecular flexibility index (Phi) is 6.68. The van der Waals surface area contributed by atoms with Crippen molar-refractivity contribution < 1.29 is 9.84 Å². The van der Waals surface area contributed by atoms with Crippen LogP contribution in [0.15, 0.2) is 24.3 Å². The first-order chi connectivity index (χ1) is 10.1. The fraction of sp³-hybridized carbons (Fsp3) is 0.667. The van der Waals surface area contributed by atoms with E-state index in [9.17, 15) is 5.11 Å². The zero-order valence-corrected chi connectivity index (χ0v) is 13.3. The van der Waals surface area contributed by atoms with Gasteiger partial charge in [-0.15, -0.1) is 0 Å². The molecule has 1 aliphatic rings. The third-order valence-corrected chi connectivity index (χ3v) is 4.24. The van der Waals surface area contributed by atoms with Gasteiger partial charge >= 0.3 is 0 Å². The molecule has 1 aromatic rings. The van der Waals surface area contributed by atoms with Crippen LogP contribution in [0.5, 0.6) is 0 Å². The van der Waals surface area contributed by atoms with Crippen LogP contribution in [0.1, 0.15) is 43.7 Å². The second-order valence-electron chi connectivity index (χ2n) is 6.50. The van der Waals surface area contributed by atoms with Gasteiger partial charge in [0.05, 0.1) is 18.8 Å². The molecular formula is C18H29NO2. The Bertz CT molecular complexity index is 404. The summed E-state index contributed by atoms with van der Waals surface area (Å²) in [6.07, 6.45) is 4.79. The number of aryl methyl sites for hydroxylation is 1. The van der Waals surface area contributed by atoms with Crippen LogP contribution >= 0.6 is 0 Å². The smallest absolute Gasteiger partial charge is 0.0897 e. The topological polar surface area (TPSA) is 41.5 Å². The Morgan fingerprint density at radius 1 is 1.29 bits per heavy atom. The number of rotatable bonds is 7. The van der Waals surface area contributed by atoms with Gasteiger partial charge in [-0.2, -0.15) is 0 Å². The van der Waals surface area contributed by atoms with Gasteiger partial charge in [-0.1, -0.05) is 49.6 Å². The molecule has 1 aromatic carbocycles. The van der Waals surface area contributed by atoms with Crippen molar-refractivity contribution in [1.82, 2.24) is 5.32 Å². The molecule has 1 fully saturated rings. The molecule has 1 saturated carbocycles. The van der Waals surface area contributed by atoms with E-state index >= 15 is 0 Å². The molecule has 118 valence electrons. The second kappa shape index (κ2) is 8.52. The molecule has 3 heteroatoms. The Morgan fingerprint density at radius 3 is 2.76 bits per heavy atom. The molecule has 21 heavy (non-hydrogen) atoms. The quantitative estimate of drug-likeness (QED) is 0.811. The highest BCUT2D eigenvalue weighted by molar-refractivity contribution is 5.21. The summed E-state index contributed by atoms with van der Waals surface area (Å²) in [5.74, 6) is 0.764. The molecule has 2 rings (SSSR count). The Balaban J connectivity index is 1.59. The first-order valence-corrected chi connectivity index (χ1v) is 8.19. The molecule has 0 bridgehead atoms. The maximum Gasteiger partial charge on any atom is 0.0897 e. The highest BCUT2D eigenvalue weighted by Crippen LogP contribution is 2.25. The molecular weight excluding hydrogens is 262 g/mol. The van der Waals surface area contributed by atoms with Crippen LogP contribution in [0.3, 0.4) is 0 Å². The number of aliphatic hydroxyl groups is 1. The van der Waals surface area contributed by atoms with Gasteiger partial charge in [-0.25, -0.2) is 0 Å². The minimum absolute atomic E-state index is 0.348. The van der Waals surface area contributed by atoms with Crippen molar-refractivity contribution in [3.63, 3.8) is 0 Å². The first-order valence-electron chi connectivity index (χ1n) is 8.19.